The van der Waals surface area contributed by atoms with Crippen LogP contribution in [0.25, 0.3) is 0 Å². The molecule has 1 saturated heterocycles. The van der Waals surface area contributed by atoms with E-state index >= 15 is 0 Å². The molecular weight excluding hydrogens is 315 g/mol. The van der Waals surface area contributed by atoms with Crippen LogP contribution < -0.4 is 15.4 Å². The number of piperidine rings is 1. The van der Waals surface area contributed by atoms with Gasteiger partial charge in [-0.1, -0.05) is 17.7 Å². The highest BCUT2D eigenvalue weighted by atomic mass is 35.5. The Bertz CT molecular complexity index is 687. The van der Waals surface area contributed by atoms with Crippen molar-refractivity contribution in [3.05, 3.63) is 52.8 Å². The number of halogens is 2. The van der Waals surface area contributed by atoms with Crippen LogP contribution in [-0.2, 0) is 6.61 Å². The SMILES string of the molecule is Nc1ccc(N2CCCCC2)c(OCc2ccc(F)cc2Cl)c1. The van der Waals surface area contributed by atoms with Gasteiger partial charge >= 0.3 is 0 Å². The van der Waals surface area contributed by atoms with Crippen LogP contribution >= 0.6 is 11.6 Å². The van der Waals surface area contributed by atoms with Crippen LogP contribution in [0.3, 0.4) is 0 Å². The summed E-state index contributed by atoms with van der Waals surface area (Å²) in [5, 5.41) is 0.369. The molecule has 2 N–H and O–H groups in total. The van der Waals surface area contributed by atoms with Crippen molar-refractivity contribution >= 4 is 23.0 Å². The summed E-state index contributed by atoms with van der Waals surface area (Å²) in [6.45, 7) is 2.33. The van der Waals surface area contributed by atoms with E-state index in [1.165, 1.54) is 31.4 Å². The number of nitrogen functional groups attached to an aromatic ring is 1. The molecule has 2 aromatic rings. The normalized spacial score (nSPS) is 14.8. The second-order valence-electron chi connectivity index (χ2n) is 5.80. The monoisotopic (exact) mass is 334 g/mol. The van der Waals surface area contributed by atoms with E-state index in [1.54, 1.807) is 6.07 Å². The van der Waals surface area contributed by atoms with Crippen molar-refractivity contribution in [3.8, 4) is 5.75 Å². The Morgan fingerprint density at radius 1 is 1.09 bits per heavy atom. The van der Waals surface area contributed by atoms with E-state index < -0.39 is 0 Å². The maximum absolute atomic E-state index is 13.1. The molecule has 5 heteroatoms. The van der Waals surface area contributed by atoms with Gasteiger partial charge in [0.25, 0.3) is 0 Å². The van der Waals surface area contributed by atoms with Crippen molar-refractivity contribution in [1.82, 2.24) is 0 Å². The van der Waals surface area contributed by atoms with E-state index in [1.807, 2.05) is 18.2 Å². The zero-order valence-corrected chi connectivity index (χ0v) is 13.7. The molecule has 3 nitrogen and oxygen atoms in total. The van der Waals surface area contributed by atoms with Crippen molar-refractivity contribution < 1.29 is 9.13 Å². The molecular formula is C18H20ClFN2O. The van der Waals surface area contributed by atoms with Crippen LogP contribution in [0.15, 0.2) is 36.4 Å². The number of benzene rings is 2. The zero-order valence-electron chi connectivity index (χ0n) is 12.9. The molecule has 0 amide bonds. The first kappa shape index (κ1) is 15.9. The highest BCUT2D eigenvalue weighted by molar-refractivity contribution is 6.31. The van der Waals surface area contributed by atoms with Crippen LogP contribution in [0.1, 0.15) is 24.8 Å². The summed E-state index contributed by atoms with van der Waals surface area (Å²) in [7, 11) is 0. The van der Waals surface area contributed by atoms with Crippen LogP contribution in [0.4, 0.5) is 15.8 Å². The van der Waals surface area contributed by atoms with Gasteiger partial charge in [-0.3, -0.25) is 0 Å². The third-order valence-electron chi connectivity index (χ3n) is 4.08. The molecule has 0 atom stereocenters. The topological polar surface area (TPSA) is 38.5 Å². The van der Waals surface area contributed by atoms with E-state index in [9.17, 15) is 4.39 Å². The van der Waals surface area contributed by atoms with Crippen molar-refractivity contribution in [3.63, 3.8) is 0 Å². The number of hydrogen-bond donors (Lipinski definition) is 1. The van der Waals surface area contributed by atoms with Crippen LogP contribution in [0, 0.1) is 5.82 Å². The lowest BCUT2D eigenvalue weighted by molar-refractivity contribution is 0.306. The minimum Gasteiger partial charge on any atom is -0.487 e. The fourth-order valence-electron chi connectivity index (χ4n) is 2.84. The summed E-state index contributed by atoms with van der Waals surface area (Å²) in [5.41, 5.74) is 8.36. The van der Waals surface area contributed by atoms with Gasteiger partial charge in [0.15, 0.2) is 0 Å². The van der Waals surface area contributed by atoms with Gasteiger partial charge < -0.3 is 15.4 Å². The first-order valence-electron chi connectivity index (χ1n) is 7.85. The molecule has 0 aromatic heterocycles. The van der Waals surface area contributed by atoms with Crippen molar-refractivity contribution in [2.24, 2.45) is 0 Å². The summed E-state index contributed by atoms with van der Waals surface area (Å²) < 4.78 is 19.1. The lowest BCUT2D eigenvalue weighted by Gasteiger charge is -2.30. The molecule has 23 heavy (non-hydrogen) atoms. The molecule has 0 aliphatic carbocycles. The predicted octanol–water partition coefficient (Wildman–Crippen LogP) is 4.63. The smallest absolute Gasteiger partial charge is 0.145 e. The summed E-state index contributed by atoms with van der Waals surface area (Å²) >= 11 is 6.06. The molecule has 0 saturated carbocycles. The third-order valence-corrected chi connectivity index (χ3v) is 4.43. The second-order valence-corrected chi connectivity index (χ2v) is 6.21. The van der Waals surface area contributed by atoms with E-state index in [-0.39, 0.29) is 12.4 Å². The van der Waals surface area contributed by atoms with Crippen LogP contribution in [-0.4, -0.2) is 13.1 Å². The van der Waals surface area contributed by atoms with Gasteiger partial charge in [-0.15, -0.1) is 0 Å². The summed E-state index contributed by atoms with van der Waals surface area (Å²) in [6.07, 6.45) is 3.65. The lowest BCUT2D eigenvalue weighted by Crippen LogP contribution is -2.29. The number of hydrogen-bond acceptors (Lipinski definition) is 3. The number of nitrogens with two attached hydrogens (primary N) is 1. The van der Waals surface area contributed by atoms with E-state index in [0.717, 1.165) is 30.1 Å². The Hall–Kier alpha value is -1.94. The quantitative estimate of drug-likeness (QED) is 0.828. The van der Waals surface area contributed by atoms with Crippen molar-refractivity contribution in [2.45, 2.75) is 25.9 Å². The molecule has 122 valence electrons. The molecule has 0 unspecified atom stereocenters. The van der Waals surface area contributed by atoms with Crippen LogP contribution in [0.5, 0.6) is 5.75 Å². The van der Waals surface area contributed by atoms with Gasteiger partial charge in [0.1, 0.15) is 18.2 Å². The maximum atomic E-state index is 13.1. The third kappa shape index (κ3) is 3.88. The predicted molar refractivity (Wildman–Crippen MR) is 92.7 cm³/mol. The van der Waals surface area contributed by atoms with E-state index in [4.69, 9.17) is 22.1 Å². The van der Waals surface area contributed by atoms with Crippen molar-refractivity contribution in [1.29, 1.82) is 0 Å². The summed E-state index contributed by atoms with van der Waals surface area (Å²) in [6, 6.07) is 10.1. The minimum atomic E-state index is -0.350. The summed E-state index contributed by atoms with van der Waals surface area (Å²) in [5.74, 6) is 0.393. The van der Waals surface area contributed by atoms with E-state index in [2.05, 4.69) is 4.90 Å². The molecule has 1 heterocycles. The number of nitrogens with zero attached hydrogens (tertiary/aromatic N) is 1. The Morgan fingerprint density at radius 3 is 2.61 bits per heavy atom. The lowest BCUT2D eigenvalue weighted by atomic mass is 10.1. The Balaban J connectivity index is 1.79. The maximum Gasteiger partial charge on any atom is 0.145 e. The van der Waals surface area contributed by atoms with Gasteiger partial charge in [-0.25, -0.2) is 4.39 Å². The van der Waals surface area contributed by atoms with E-state index in [0.29, 0.717) is 10.7 Å². The molecule has 3 rings (SSSR count). The van der Waals surface area contributed by atoms with Gasteiger partial charge in [0.05, 0.1) is 10.7 Å². The fourth-order valence-corrected chi connectivity index (χ4v) is 3.06. The van der Waals surface area contributed by atoms with Gasteiger partial charge in [-0.2, -0.15) is 0 Å². The Kier molecular flexibility index (Phi) is 4.91. The molecule has 1 aliphatic rings. The van der Waals surface area contributed by atoms with Crippen molar-refractivity contribution in [2.75, 3.05) is 23.7 Å². The molecule has 0 spiro atoms. The number of rotatable bonds is 4. The molecule has 1 fully saturated rings. The molecule has 0 bridgehead atoms. The highest BCUT2D eigenvalue weighted by Crippen LogP contribution is 2.33. The number of anilines is 2. The van der Waals surface area contributed by atoms with Gasteiger partial charge in [0.2, 0.25) is 0 Å². The summed E-state index contributed by atoms with van der Waals surface area (Å²) in [4.78, 5) is 2.32. The fraction of sp³-hybridized carbons (Fsp3) is 0.333. The largest absolute Gasteiger partial charge is 0.487 e. The molecule has 2 aromatic carbocycles. The Morgan fingerprint density at radius 2 is 1.87 bits per heavy atom. The standard InChI is InChI=1S/C18H20ClFN2O/c19-16-10-14(20)5-4-13(16)12-23-18-11-15(21)6-7-17(18)22-8-2-1-3-9-22/h4-7,10-11H,1-3,8-9,12,21H2. The molecule has 0 radical (unpaired) electrons. The first-order valence-corrected chi connectivity index (χ1v) is 8.22. The average Bonchev–Trinajstić information content (AvgIpc) is 2.55. The Labute approximate surface area is 140 Å². The number of ether oxygens (including phenoxy) is 1. The zero-order chi connectivity index (χ0) is 16.2. The average molecular weight is 335 g/mol. The van der Waals surface area contributed by atoms with Crippen LogP contribution in [0.2, 0.25) is 5.02 Å². The molecule has 1 aliphatic heterocycles. The minimum absolute atomic E-state index is 0.281. The van der Waals surface area contributed by atoms with Gasteiger partial charge in [-0.05, 0) is 43.5 Å². The first-order chi connectivity index (χ1) is 11.1. The van der Waals surface area contributed by atoms with Gasteiger partial charge in [0, 0.05) is 30.4 Å². The highest BCUT2D eigenvalue weighted by Gasteiger charge is 2.16. The second kappa shape index (κ2) is 7.09.